The van der Waals surface area contributed by atoms with Gasteiger partial charge in [0.05, 0.1) is 0 Å². The van der Waals surface area contributed by atoms with Crippen molar-refractivity contribution in [2.45, 2.75) is 69.3 Å². The minimum Gasteiger partial charge on any atom is -0.327 e. The third-order valence-corrected chi connectivity index (χ3v) is 4.39. The Bertz CT molecular complexity index is 293. The van der Waals surface area contributed by atoms with Crippen LogP contribution in [0, 0.1) is 11.8 Å². The Morgan fingerprint density at radius 3 is 2.22 bits per heavy atom. The SMILES string of the molecule is NC(CC1CCC(F)(F)C1)C1CCCC(F)(F)C1. The molecule has 0 aromatic carbocycles. The molecule has 0 aromatic heterocycles. The molecule has 106 valence electrons. The van der Waals surface area contributed by atoms with Crippen LogP contribution < -0.4 is 5.73 Å². The van der Waals surface area contributed by atoms with Gasteiger partial charge in [-0.3, -0.25) is 0 Å². The maximum absolute atomic E-state index is 13.3. The predicted molar refractivity (Wildman–Crippen MR) is 61.8 cm³/mol. The Morgan fingerprint density at radius 1 is 1.00 bits per heavy atom. The molecule has 0 radical (unpaired) electrons. The molecule has 3 unspecified atom stereocenters. The highest BCUT2D eigenvalue weighted by atomic mass is 19.3. The van der Waals surface area contributed by atoms with Gasteiger partial charge in [-0.2, -0.15) is 0 Å². The van der Waals surface area contributed by atoms with Gasteiger partial charge in [0.15, 0.2) is 0 Å². The van der Waals surface area contributed by atoms with Crippen LogP contribution in [0.5, 0.6) is 0 Å². The molecule has 2 rings (SSSR count). The van der Waals surface area contributed by atoms with Crippen LogP contribution in [0.2, 0.25) is 0 Å². The lowest BCUT2D eigenvalue weighted by molar-refractivity contribution is -0.0575. The van der Waals surface area contributed by atoms with Crippen LogP contribution >= 0.6 is 0 Å². The summed E-state index contributed by atoms with van der Waals surface area (Å²) < 4.78 is 52.7. The van der Waals surface area contributed by atoms with E-state index < -0.39 is 11.8 Å². The van der Waals surface area contributed by atoms with E-state index in [-0.39, 0.29) is 43.6 Å². The molecule has 2 N–H and O–H groups in total. The fourth-order valence-electron chi connectivity index (χ4n) is 3.40. The molecule has 18 heavy (non-hydrogen) atoms. The zero-order chi connectivity index (χ0) is 13.4. The predicted octanol–water partition coefficient (Wildman–Crippen LogP) is 3.96. The fourth-order valence-corrected chi connectivity index (χ4v) is 3.40. The van der Waals surface area contributed by atoms with E-state index in [0.29, 0.717) is 25.7 Å². The Balaban J connectivity index is 1.83. The molecule has 5 heteroatoms. The van der Waals surface area contributed by atoms with Gasteiger partial charge in [-0.15, -0.1) is 0 Å². The lowest BCUT2D eigenvalue weighted by Gasteiger charge is -2.33. The van der Waals surface area contributed by atoms with E-state index in [1.807, 2.05) is 0 Å². The van der Waals surface area contributed by atoms with Gasteiger partial charge in [0, 0.05) is 31.7 Å². The average Bonchev–Trinajstić information content (AvgIpc) is 2.56. The third-order valence-electron chi connectivity index (χ3n) is 4.39. The molecule has 0 aliphatic heterocycles. The molecule has 2 aliphatic carbocycles. The summed E-state index contributed by atoms with van der Waals surface area (Å²) >= 11 is 0. The van der Waals surface area contributed by atoms with Gasteiger partial charge in [0.2, 0.25) is 11.8 Å². The minimum absolute atomic E-state index is 0.0578. The minimum atomic E-state index is -2.61. The van der Waals surface area contributed by atoms with Crippen molar-refractivity contribution in [2.75, 3.05) is 0 Å². The Morgan fingerprint density at radius 2 is 1.67 bits per heavy atom. The number of hydrogen-bond donors (Lipinski definition) is 1. The van der Waals surface area contributed by atoms with Crippen molar-refractivity contribution >= 4 is 0 Å². The van der Waals surface area contributed by atoms with Crippen LogP contribution in [0.25, 0.3) is 0 Å². The first-order valence-electron chi connectivity index (χ1n) is 6.79. The van der Waals surface area contributed by atoms with E-state index in [4.69, 9.17) is 5.73 Å². The van der Waals surface area contributed by atoms with Crippen molar-refractivity contribution in [3.63, 3.8) is 0 Å². The molecule has 1 nitrogen and oxygen atoms in total. The van der Waals surface area contributed by atoms with E-state index in [2.05, 4.69) is 0 Å². The van der Waals surface area contributed by atoms with Crippen LogP contribution in [0.1, 0.15) is 51.4 Å². The smallest absolute Gasteiger partial charge is 0.248 e. The molecule has 0 spiro atoms. The van der Waals surface area contributed by atoms with Crippen molar-refractivity contribution in [3.8, 4) is 0 Å². The number of alkyl halides is 4. The Labute approximate surface area is 105 Å². The summed E-state index contributed by atoms with van der Waals surface area (Å²) in [5.41, 5.74) is 5.96. The molecule has 0 saturated heterocycles. The van der Waals surface area contributed by atoms with Crippen molar-refractivity contribution in [3.05, 3.63) is 0 Å². The summed E-state index contributed by atoms with van der Waals surface area (Å²) in [5, 5.41) is 0. The van der Waals surface area contributed by atoms with E-state index in [1.165, 1.54) is 0 Å². The lowest BCUT2D eigenvalue weighted by Crippen LogP contribution is -2.38. The molecule has 0 heterocycles. The second-order valence-electron chi connectivity index (χ2n) is 6.08. The number of hydrogen-bond acceptors (Lipinski definition) is 1. The lowest BCUT2D eigenvalue weighted by atomic mass is 9.79. The monoisotopic (exact) mass is 267 g/mol. The average molecular weight is 267 g/mol. The Hall–Kier alpha value is -0.320. The number of rotatable bonds is 3. The standard InChI is InChI=1S/C13H21F4N/c14-12(15)4-1-2-10(8-12)11(18)6-9-3-5-13(16,17)7-9/h9-11H,1-8,18H2. The first-order chi connectivity index (χ1) is 8.27. The molecule has 2 fully saturated rings. The topological polar surface area (TPSA) is 26.0 Å². The second-order valence-corrected chi connectivity index (χ2v) is 6.08. The van der Waals surface area contributed by atoms with Crippen LogP contribution in [0.15, 0.2) is 0 Å². The summed E-state index contributed by atoms with van der Waals surface area (Å²) in [4.78, 5) is 0. The summed E-state index contributed by atoms with van der Waals surface area (Å²) in [5.74, 6) is -5.48. The van der Waals surface area contributed by atoms with Gasteiger partial charge in [-0.1, -0.05) is 0 Å². The van der Waals surface area contributed by atoms with Gasteiger partial charge < -0.3 is 5.73 Å². The van der Waals surface area contributed by atoms with Gasteiger partial charge in [-0.05, 0) is 37.5 Å². The highest BCUT2D eigenvalue weighted by Gasteiger charge is 2.42. The normalized spacial score (nSPS) is 36.5. The molecule has 0 aromatic rings. The van der Waals surface area contributed by atoms with Crippen molar-refractivity contribution in [1.29, 1.82) is 0 Å². The van der Waals surface area contributed by atoms with E-state index in [0.717, 1.165) is 0 Å². The highest BCUT2D eigenvalue weighted by Crippen LogP contribution is 2.43. The molecular formula is C13H21F4N. The largest absolute Gasteiger partial charge is 0.327 e. The first kappa shape index (κ1) is 14.1. The maximum atomic E-state index is 13.3. The highest BCUT2D eigenvalue weighted by molar-refractivity contribution is 4.89. The molecule has 0 amide bonds. The number of halogens is 4. The van der Waals surface area contributed by atoms with E-state index in [9.17, 15) is 17.6 Å². The zero-order valence-corrected chi connectivity index (χ0v) is 10.5. The second kappa shape index (κ2) is 4.99. The van der Waals surface area contributed by atoms with Gasteiger partial charge in [0.1, 0.15) is 0 Å². The molecule has 3 atom stereocenters. The van der Waals surface area contributed by atoms with Crippen LogP contribution in [0.4, 0.5) is 17.6 Å². The molecule has 2 saturated carbocycles. The third kappa shape index (κ3) is 3.59. The van der Waals surface area contributed by atoms with Gasteiger partial charge in [-0.25, -0.2) is 17.6 Å². The van der Waals surface area contributed by atoms with Crippen LogP contribution in [0.3, 0.4) is 0 Å². The van der Waals surface area contributed by atoms with Crippen molar-refractivity contribution in [2.24, 2.45) is 17.6 Å². The summed E-state index contributed by atoms with van der Waals surface area (Å²) in [6, 6.07) is -0.352. The van der Waals surface area contributed by atoms with Crippen molar-refractivity contribution < 1.29 is 17.6 Å². The van der Waals surface area contributed by atoms with Crippen molar-refractivity contribution in [1.82, 2.24) is 0 Å². The van der Waals surface area contributed by atoms with Crippen LogP contribution in [-0.2, 0) is 0 Å². The summed E-state index contributed by atoms with van der Waals surface area (Å²) in [6.45, 7) is 0. The molecule has 0 bridgehead atoms. The first-order valence-corrected chi connectivity index (χ1v) is 6.79. The van der Waals surface area contributed by atoms with Gasteiger partial charge >= 0.3 is 0 Å². The summed E-state index contributed by atoms with van der Waals surface area (Å²) in [7, 11) is 0. The van der Waals surface area contributed by atoms with Gasteiger partial charge in [0.25, 0.3) is 0 Å². The molecule has 2 aliphatic rings. The number of nitrogens with two attached hydrogens (primary N) is 1. The van der Waals surface area contributed by atoms with E-state index in [1.54, 1.807) is 0 Å². The van der Waals surface area contributed by atoms with Crippen LogP contribution in [-0.4, -0.2) is 17.9 Å². The molecular weight excluding hydrogens is 246 g/mol. The van der Waals surface area contributed by atoms with E-state index >= 15 is 0 Å². The fraction of sp³-hybridized carbons (Fsp3) is 1.00. The summed E-state index contributed by atoms with van der Waals surface area (Å²) in [6.07, 6.45) is 1.72. The zero-order valence-electron chi connectivity index (χ0n) is 10.5. The quantitative estimate of drug-likeness (QED) is 0.769. The maximum Gasteiger partial charge on any atom is 0.248 e. The Kier molecular flexibility index (Phi) is 3.90.